The van der Waals surface area contributed by atoms with Crippen molar-refractivity contribution in [3.63, 3.8) is 0 Å². The van der Waals surface area contributed by atoms with E-state index in [1.54, 1.807) is 0 Å². The Morgan fingerprint density at radius 3 is 2.81 bits per heavy atom. The zero-order valence-electron chi connectivity index (χ0n) is 8.53. The SMILES string of the molecule is OCc1cccn1Cc1ccc(Br)cc1Cl. The number of nitrogens with zero attached hydrogens (tertiary/aromatic N) is 1. The first kappa shape index (κ1) is 11.7. The third-order valence-electron chi connectivity index (χ3n) is 2.44. The molecule has 0 saturated heterocycles. The summed E-state index contributed by atoms with van der Waals surface area (Å²) in [5.74, 6) is 0. The molecule has 0 amide bonds. The van der Waals surface area contributed by atoms with Crippen molar-refractivity contribution in [3.05, 3.63) is 57.3 Å². The van der Waals surface area contributed by atoms with Gasteiger partial charge < -0.3 is 9.67 Å². The second-order valence-corrected chi connectivity index (χ2v) is 4.84. The summed E-state index contributed by atoms with van der Waals surface area (Å²) in [4.78, 5) is 0. The second kappa shape index (κ2) is 5.04. The van der Waals surface area contributed by atoms with Gasteiger partial charge in [-0.3, -0.25) is 0 Å². The number of hydrogen-bond donors (Lipinski definition) is 1. The second-order valence-electron chi connectivity index (χ2n) is 3.52. The van der Waals surface area contributed by atoms with Gasteiger partial charge >= 0.3 is 0 Å². The molecule has 4 heteroatoms. The largest absolute Gasteiger partial charge is 0.390 e. The lowest BCUT2D eigenvalue weighted by atomic mass is 10.2. The van der Waals surface area contributed by atoms with Crippen LogP contribution in [0.5, 0.6) is 0 Å². The lowest BCUT2D eigenvalue weighted by Crippen LogP contribution is -2.03. The molecule has 1 aromatic heterocycles. The topological polar surface area (TPSA) is 25.2 Å². The van der Waals surface area contributed by atoms with E-state index >= 15 is 0 Å². The molecule has 16 heavy (non-hydrogen) atoms. The minimum absolute atomic E-state index is 0.0428. The Morgan fingerprint density at radius 1 is 1.31 bits per heavy atom. The van der Waals surface area contributed by atoms with Crippen LogP contribution in [0.25, 0.3) is 0 Å². The van der Waals surface area contributed by atoms with Crippen molar-refractivity contribution in [2.45, 2.75) is 13.2 Å². The Kier molecular flexibility index (Phi) is 3.69. The van der Waals surface area contributed by atoms with Crippen molar-refractivity contribution in [2.24, 2.45) is 0 Å². The lowest BCUT2D eigenvalue weighted by molar-refractivity contribution is 0.271. The van der Waals surface area contributed by atoms with E-state index in [-0.39, 0.29) is 6.61 Å². The molecule has 0 radical (unpaired) electrons. The molecule has 0 spiro atoms. The minimum Gasteiger partial charge on any atom is -0.390 e. The maximum atomic E-state index is 9.14. The van der Waals surface area contributed by atoms with E-state index < -0.39 is 0 Å². The van der Waals surface area contributed by atoms with Gasteiger partial charge in [-0.15, -0.1) is 0 Å². The summed E-state index contributed by atoms with van der Waals surface area (Å²) < 4.78 is 2.95. The number of halogens is 2. The quantitative estimate of drug-likeness (QED) is 0.923. The number of aliphatic hydroxyl groups is 1. The summed E-state index contributed by atoms with van der Waals surface area (Å²) in [6, 6.07) is 9.63. The minimum atomic E-state index is 0.0428. The van der Waals surface area contributed by atoms with E-state index in [0.29, 0.717) is 6.54 Å². The summed E-state index contributed by atoms with van der Waals surface area (Å²) in [6.07, 6.45) is 1.93. The number of aromatic nitrogens is 1. The molecular formula is C12H11BrClNO. The molecule has 1 aromatic carbocycles. The first-order chi connectivity index (χ1) is 7.70. The van der Waals surface area contributed by atoms with E-state index in [4.69, 9.17) is 16.7 Å². The van der Waals surface area contributed by atoms with E-state index in [0.717, 1.165) is 20.8 Å². The van der Waals surface area contributed by atoms with E-state index in [9.17, 15) is 0 Å². The average Bonchev–Trinajstić information content (AvgIpc) is 2.69. The zero-order chi connectivity index (χ0) is 11.5. The van der Waals surface area contributed by atoms with Gasteiger partial charge in [-0.05, 0) is 29.8 Å². The van der Waals surface area contributed by atoms with Gasteiger partial charge in [-0.2, -0.15) is 0 Å². The molecule has 0 aliphatic rings. The highest BCUT2D eigenvalue weighted by Gasteiger charge is 2.04. The first-order valence-electron chi connectivity index (χ1n) is 4.89. The van der Waals surface area contributed by atoms with Crippen LogP contribution in [-0.2, 0) is 13.2 Å². The molecule has 0 aliphatic heterocycles. The molecule has 0 aliphatic carbocycles. The maximum absolute atomic E-state index is 9.14. The molecule has 0 fully saturated rings. The average molecular weight is 301 g/mol. The van der Waals surface area contributed by atoms with Crippen LogP contribution >= 0.6 is 27.5 Å². The van der Waals surface area contributed by atoms with Crippen LogP contribution in [0, 0.1) is 0 Å². The standard InChI is InChI=1S/C12H11BrClNO/c13-10-4-3-9(12(14)6-10)7-15-5-1-2-11(15)8-16/h1-6,16H,7-8H2. The smallest absolute Gasteiger partial charge is 0.0832 e. The normalized spacial score (nSPS) is 10.7. The molecular weight excluding hydrogens is 289 g/mol. The summed E-state index contributed by atoms with van der Waals surface area (Å²) in [7, 11) is 0. The molecule has 1 heterocycles. The highest BCUT2D eigenvalue weighted by Crippen LogP contribution is 2.22. The Labute approximate surface area is 108 Å². The molecule has 0 unspecified atom stereocenters. The van der Waals surface area contributed by atoms with Gasteiger partial charge in [0.2, 0.25) is 0 Å². The fourth-order valence-electron chi connectivity index (χ4n) is 1.58. The summed E-state index contributed by atoms with van der Waals surface area (Å²) in [6.45, 7) is 0.718. The molecule has 1 N–H and O–H groups in total. The van der Waals surface area contributed by atoms with Gasteiger partial charge in [-0.1, -0.05) is 33.6 Å². The van der Waals surface area contributed by atoms with E-state index in [1.807, 2.05) is 41.1 Å². The van der Waals surface area contributed by atoms with E-state index in [2.05, 4.69) is 15.9 Å². The van der Waals surface area contributed by atoms with Crippen molar-refractivity contribution in [1.29, 1.82) is 0 Å². The number of aliphatic hydroxyl groups excluding tert-OH is 1. The zero-order valence-corrected chi connectivity index (χ0v) is 10.9. The lowest BCUT2D eigenvalue weighted by Gasteiger charge is -2.09. The summed E-state index contributed by atoms with van der Waals surface area (Å²) in [5.41, 5.74) is 1.93. The Morgan fingerprint density at radius 2 is 2.12 bits per heavy atom. The molecule has 2 aromatic rings. The van der Waals surface area contributed by atoms with Crippen LogP contribution < -0.4 is 0 Å². The van der Waals surface area contributed by atoms with Crippen molar-refractivity contribution in [3.8, 4) is 0 Å². The first-order valence-corrected chi connectivity index (χ1v) is 6.06. The highest BCUT2D eigenvalue weighted by molar-refractivity contribution is 9.10. The summed E-state index contributed by atoms with van der Waals surface area (Å²) >= 11 is 9.51. The van der Waals surface area contributed by atoms with Crippen molar-refractivity contribution < 1.29 is 5.11 Å². The van der Waals surface area contributed by atoms with Gasteiger partial charge in [0, 0.05) is 27.9 Å². The van der Waals surface area contributed by atoms with Crippen molar-refractivity contribution in [1.82, 2.24) is 4.57 Å². The summed E-state index contributed by atoms with van der Waals surface area (Å²) in [5, 5.41) is 9.87. The monoisotopic (exact) mass is 299 g/mol. The van der Waals surface area contributed by atoms with Crippen LogP contribution in [0.15, 0.2) is 41.0 Å². The van der Waals surface area contributed by atoms with Gasteiger partial charge in [0.25, 0.3) is 0 Å². The fourth-order valence-corrected chi connectivity index (χ4v) is 2.31. The van der Waals surface area contributed by atoms with Crippen LogP contribution in [0.2, 0.25) is 5.02 Å². The van der Waals surface area contributed by atoms with E-state index in [1.165, 1.54) is 0 Å². The molecule has 2 nitrogen and oxygen atoms in total. The van der Waals surface area contributed by atoms with Crippen LogP contribution in [0.4, 0.5) is 0 Å². The predicted octanol–water partition coefficient (Wildman–Crippen LogP) is 3.44. The van der Waals surface area contributed by atoms with Crippen molar-refractivity contribution in [2.75, 3.05) is 0 Å². The van der Waals surface area contributed by atoms with Crippen LogP contribution in [0.1, 0.15) is 11.3 Å². The molecule has 84 valence electrons. The van der Waals surface area contributed by atoms with Crippen LogP contribution in [0.3, 0.4) is 0 Å². The third kappa shape index (κ3) is 2.48. The Hall–Kier alpha value is -0.770. The predicted molar refractivity (Wildman–Crippen MR) is 68.6 cm³/mol. The van der Waals surface area contributed by atoms with Gasteiger partial charge in [0.1, 0.15) is 0 Å². The molecule has 0 saturated carbocycles. The molecule has 2 rings (SSSR count). The third-order valence-corrected chi connectivity index (χ3v) is 3.29. The number of benzene rings is 1. The Bertz CT molecular complexity index is 496. The fraction of sp³-hybridized carbons (Fsp3) is 0.167. The van der Waals surface area contributed by atoms with Crippen molar-refractivity contribution >= 4 is 27.5 Å². The molecule has 0 bridgehead atoms. The van der Waals surface area contributed by atoms with Gasteiger partial charge in [0.05, 0.1) is 6.61 Å². The van der Waals surface area contributed by atoms with Gasteiger partial charge in [0.15, 0.2) is 0 Å². The highest BCUT2D eigenvalue weighted by atomic mass is 79.9. The Balaban J connectivity index is 2.27. The number of hydrogen-bond acceptors (Lipinski definition) is 1. The van der Waals surface area contributed by atoms with Gasteiger partial charge in [-0.25, -0.2) is 0 Å². The number of rotatable bonds is 3. The molecule has 0 atom stereocenters. The maximum Gasteiger partial charge on any atom is 0.0832 e. The van der Waals surface area contributed by atoms with Crippen LogP contribution in [-0.4, -0.2) is 9.67 Å².